The minimum atomic E-state index is -0.745. The van der Waals surface area contributed by atoms with Gasteiger partial charge in [-0.25, -0.2) is 4.79 Å². The highest BCUT2D eigenvalue weighted by molar-refractivity contribution is 6.06. The molecule has 3 amide bonds. The number of rotatable bonds is 8. The summed E-state index contributed by atoms with van der Waals surface area (Å²) >= 11 is 0. The number of urea groups is 1. The van der Waals surface area contributed by atoms with Gasteiger partial charge < -0.3 is 16.0 Å². The lowest BCUT2D eigenvalue weighted by atomic mass is 9.99. The molecular weight excluding hydrogens is 294 g/mol. The van der Waals surface area contributed by atoms with E-state index in [2.05, 4.69) is 20.9 Å². The van der Waals surface area contributed by atoms with E-state index in [0.717, 1.165) is 25.0 Å². The van der Waals surface area contributed by atoms with Crippen LogP contribution in [0, 0.1) is 5.92 Å². The largest absolute Gasteiger partial charge is 0.357 e. The third kappa shape index (κ3) is 4.59. The molecule has 1 heterocycles. The van der Waals surface area contributed by atoms with Crippen molar-refractivity contribution < 1.29 is 9.59 Å². The molecule has 0 spiro atoms. The molecule has 0 aromatic carbocycles. The summed E-state index contributed by atoms with van der Waals surface area (Å²) in [6, 6.07) is -0.284. The molecule has 2 aliphatic rings. The number of hydrogen-bond donors (Lipinski definition) is 3. The van der Waals surface area contributed by atoms with E-state index in [-0.39, 0.29) is 11.9 Å². The van der Waals surface area contributed by atoms with Crippen molar-refractivity contribution in [3.63, 3.8) is 0 Å². The molecule has 0 radical (unpaired) electrons. The molecule has 3 N–H and O–H groups in total. The van der Waals surface area contributed by atoms with Gasteiger partial charge in [-0.1, -0.05) is 6.92 Å². The molecule has 23 heavy (non-hydrogen) atoms. The zero-order valence-corrected chi connectivity index (χ0v) is 14.4. The first-order chi connectivity index (χ1) is 11.0. The van der Waals surface area contributed by atoms with E-state index in [1.807, 2.05) is 13.8 Å². The summed E-state index contributed by atoms with van der Waals surface area (Å²) in [4.78, 5) is 30.0. The SMILES string of the molecule is CCNC(=NCC1CC1)NCCCN1C(=O)NC(C)(CC)C1=O. The fourth-order valence-corrected chi connectivity index (χ4v) is 2.50. The second kappa shape index (κ2) is 7.66. The summed E-state index contributed by atoms with van der Waals surface area (Å²) in [7, 11) is 0. The molecule has 7 nitrogen and oxygen atoms in total. The Morgan fingerprint density at radius 1 is 1.35 bits per heavy atom. The highest BCUT2D eigenvalue weighted by Crippen LogP contribution is 2.28. The van der Waals surface area contributed by atoms with Crippen molar-refractivity contribution in [3.05, 3.63) is 0 Å². The maximum atomic E-state index is 12.3. The predicted octanol–water partition coefficient (Wildman–Crippen LogP) is 1.06. The maximum absolute atomic E-state index is 12.3. The highest BCUT2D eigenvalue weighted by atomic mass is 16.2. The summed E-state index contributed by atoms with van der Waals surface area (Å²) in [5.74, 6) is 1.44. The van der Waals surface area contributed by atoms with Gasteiger partial charge in [0, 0.05) is 26.2 Å². The van der Waals surface area contributed by atoms with Crippen LogP contribution in [-0.2, 0) is 4.79 Å². The first-order valence-electron chi connectivity index (χ1n) is 8.66. The van der Waals surface area contributed by atoms with Crippen LogP contribution in [0.15, 0.2) is 4.99 Å². The molecule has 1 unspecified atom stereocenters. The van der Waals surface area contributed by atoms with Gasteiger partial charge in [-0.15, -0.1) is 0 Å². The fourth-order valence-electron chi connectivity index (χ4n) is 2.50. The van der Waals surface area contributed by atoms with Gasteiger partial charge in [-0.3, -0.25) is 14.7 Å². The topological polar surface area (TPSA) is 85.8 Å². The first kappa shape index (κ1) is 17.6. The normalized spacial score (nSPS) is 24.8. The Hall–Kier alpha value is -1.79. The lowest BCUT2D eigenvalue weighted by Gasteiger charge is -2.19. The van der Waals surface area contributed by atoms with Crippen molar-refractivity contribution in [3.8, 4) is 0 Å². The number of carbonyl (C=O) groups is 2. The number of amides is 3. The van der Waals surface area contributed by atoms with E-state index >= 15 is 0 Å². The highest BCUT2D eigenvalue weighted by Gasteiger charge is 2.45. The quantitative estimate of drug-likeness (QED) is 0.270. The Kier molecular flexibility index (Phi) is 5.85. The third-order valence-electron chi connectivity index (χ3n) is 4.45. The average Bonchev–Trinajstić information content (AvgIpc) is 3.32. The lowest BCUT2D eigenvalue weighted by Crippen LogP contribution is -2.43. The molecule has 7 heteroatoms. The summed E-state index contributed by atoms with van der Waals surface area (Å²) < 4.78 is 0. The number of aliphatic imine (C=N–C) groups is 1. The minimum absolute atomic E-state index is 0.126. The van der Waals surface area contributed by atoms with Crippen LogP contribution in [0.2, 0.25) is 0 Å². The van der Waals surface area contributed by atoms with Gasteiger partial charge >= 0.3 is 6.03 Å². The van der Waals surface area contributed by atoms with Crippen LogP contribution in [0.5, 0.6) is 0 Å². The molecule has 130 valence electrons. The molecule has 2 rings (SSSR count). The van der Waals surface area contributed by atoms with E-state index in [1.54, 1.807) is 6.92 Å². The van der Waals surface area contributed by atoms with Crippen LogP contribution in [0.1, 0.15) is 46.5 Å². The van der Waals surface area contributed by atoms with Gasteiger partial charge in [-0.05, 0) is 45.4 Å². The van der Waals surface area contributed by atoms with Gasteiger partial charge in [0.2, 0.25) is 0 Å². The van der Waals surface area contributed by atoms with Gasteiger partial charge in [-0.2, -0.15) is 0 Å². The van der Waals surface area contributed by atoms with Gasteiger partial charge in [0.1, 0.15) is 5.54 Å². The van der Waals surface area contributed by atoms with Crippen LogP contribution in [0.25, 0.3) is 0 Å². The molecule has 1 saturated heterocycles. The van der Waals surface area contributed by atoms with Crippen LogP contribution >= 0.6 is 0 Å². The fraction of sp³-hybridized carbons (Fsp3) is 0.812. The molecule has 0 aromatic rings. The minimum Gasteiger partial charge on any atom is -0.357 e. The molecule has 1 atom stereocenters. The molecule has 1 saturated carbocycles. The van der Waals surface area contributed by atoms with Crippen molar-refractivity contribution in [2.45, 2.75) is 52.0 Å². The standard InChI is InChI=1S/C16H29N5O2/c1-4-16(3)13(22)21(15(23)20-16)10-6-9-18-14(17-5-2)19-11-12-7-8-12/h12H,4-11H2,1-3H3,(H,20,23)(H2,17,18,19). The number of nitrogens with zero attached hydrogens (tertiary/aromatic N) is 2. The van der Waals surface area contributed by atoms with Crippen molar-refractivity contribution in [2.75, 3.05) is 26.2 Å². The second-order valence-electron chi connectivity index (χ2n) is 6.52. The predicted molar refractivity (Wildman–Crippen MR) is 90.3 cm³/mol. The monoisotopic (exact) mass is 323 g/mol. The van der Waals surface area contributed by atoms with Crippen LogP contribution in [-0.4, -0.2) is 54.5 Å². The van der Waals surface area contributed by atoms with Crippen molar-refractivity contribution >= 4 is 17.9 Å². The molecule has 2 fully saturated rings. The zero-order valence-electron chi connectivity index (χ0n) is 14.4. The molecule has 0 bridgehead atoms. The number of carbonyl (C=O) groups excluding carboxylic acids is 2. The van der Waals surface area contributed by atoms with Gasteiger partial charge in [0.05, 0.1) is 0 Å². The van der Waals surface area contributed by atoms with E-state index in [0.29, 0.717) is 25.9 Å². The summed E-state index contributed by atoms with van der Waals surface area (Å²) in [5.41, 5.74) is -0.745. The van der Waals surface area contributed by atoms with Crippen molar-refractivity contribution in [1.29, 1.82) is 0 Å². The van der Waals surface area contributed by atoms with Crippen molar-refractivity contribution in [2.24, 2.45) is 10.9 Å². The zero-order chi connectivity index (χ0) is 16.9. The van der Waals surface area contributed by atoms with Gasteiger partial charge in [0.25, 0.3) is 5.91 Å². The Balaban J connectivity index is 1.74. The molecule has 1 aliphatic heterocycles. The van der Waals surface area contributed by atoms with Crippen LogP contribution in [0.4, 0.5) is 4.79 Å². The van der Waals surface area contributed by atoms with E-state index in [9.17, 15) is 9.59 Å². The maximum Gasteiger partial charge on any atom is 0.325 e. The first-order valence-corrected chi connectivity index (χ1v) is 8.66. The molecular formula is C16H29N5O2. The van der Waals surface area contributed by atoms with E-state index < -0.39 is 5.54 Å². The Labute approximate surface area is 138 Å². The van der Waals surface area contributed by atoms with Gasteiger partial charge in [0.15, 0.2) is 5.96 Å². The van der Waals surface area contributed by atoms with Crippen LogP contribution < -0.4 is 16.0 Å². The lowest BCUT2D eigenvalue weighted by molar-refractivity contribution is -0.130. The number of hydrogen-bond acceptors (Lipinski definition) is 3. The van der Waals surface area contributed by atoms with E-state index in [4.69, 9.17) is 0 Å². The summed E-state index contributed by atoms with van der Waals surface area (Å²) in [6.45, 7) is 8.51. The molecule has 1 aliphatic carbocycles. The number of guanidine groups is 1. The van der Waals surface area contributed by atoms with Crippen LogP contribution in [0.3, 0.4) is 0 Å². The number of nitrogens with one attached hydrogen (secondary N) is 3. The Morgan fingerprint density at radius 2 is 2.09 bits per heavy atom. The third-order valence-corrected chi connectivity index (χ3v) is 4.45. The summed E-state index contributed by atoms with van der Waals surface area (Å²) in [6.07, 6.45) is 3.87. The number of imide groups is 1. The smallest absolute Gasteiger partial charge is 0.325 e. The van der Waals surface area contributed by atoms with E-state index in [1.165, 1.54) is 17.7 Å². The second-order valence-corrected chi connectivity index (χ2v) is 6.52. The molecule has 0 aromatic heterocycles. The Bertz CT molecular complexity index is 475. The van der Waals surface area contributed by atoms with Crippen molar-refractivity contribution in [1.82, 2.24) is 20.9 Å². The Morgan fingerprint density at radius 3 is 2.65 bits per heavy atom. The average molecular weight is 323 g/mol. The summed E-state index contributed by atoms with van der Waals surface area (Å²) in [5, 5.41) is 9.24.